The fraction of sp³-hybridized carbons (Fsp3) is 0.136. The van der Waals surface area contributed by atoms with Crippen molar-refractivity contribution in [3.05, 3.63) is 65.7 Å². The Kier molecular flexibility index (Phi) is 6.18. The molecule has 0 aliphatic carbocycles. The first kappa shape index (κ1) is 20.5. The van der Waals surface area contributed by atoms with Gasteiger partial charge in [-0.15, -0.1) is 0 Å². The van der Waals surface area contributed by atoms with E-state index in [0.29, 0.717) is 29.9 Å². The predicted molar refractivity (Wildman–Crippen MR) is 125 cm³/mol. The summed E-state index contributed by atoms with van der Waals surface area (Å²) >= 11 is 6.14. The molecule has 0 saturated carbocycles. The summed E-state index contributed by atoms with van der Waals surface area (Å²) in [5.74, 6) is 2.00. The molecule has 3 heterocycles. The Labute approximate surface area is 184 Å². The lowest BCUT2D eigenvalue weighted by Crippen LogP contribution is -2.16. The normalized spacial score (nSPS) is 10.6. The van der Waals surface area contributed by atoms with E-state index in [1.165, 1.54) is 0 Å². The summed E-state index contributed by atoms with van der Waals surface area (Å²) in [4.78, 5) is 24.8. The van der Waals surface area contributed by atoms with E-state index in [1.807, 2.05) is 37.3 Å². The van der Waals surface area contributed by atoms with E-state index in [4.69, 9.17) is 16.6 Å². The maximum Gasteiger partial charge on any atom is 0.223 e. The van der Waals surface area contributed by atoms with Crippen LogP contribution in [0.15, 0.2) is 60.1 Å². The van der Waals surface area contributed by atoms with Crippen LogP contribution in [0.3, 0.4) is 0 Å². The minimum absolute atomic E-state index is 0.528. The monoisotopic (exact) mass is 432 g/mol. The van der Waals surface area contributed by atoms with E-state index in [1.54, 1.807) is 24.8 Å². The van der Waals surface area contributed by atoms with E-state index in [9.17, 15) is 0 Å². The molecule has 156 valence electrons. The molecule has 8 nitrogen and oxygen atoms in total. The fourth-order valence-electron chi connectivity index (χ4n) is 3.10. The number of pyridine rings is 1. The highest BCUT2D eigenvalue weighted by molar-refractivity contribution is 6.30. The molecule has 0 aliphatic rings. The number of anilines is 2. The van der Waals surface area contributed by atoms with Crippen molar-refractivity contribution in [3.63, 3.8) is 0 Å². The molecule has 1 aromatic carbocycles. The van der Waals surface area contributed by atoms with Gasteiger partial charge in [-0.1, -0.05) is 17.7 Å². The Morgan fingerprint density at radius 2 is 1.90 bits per heavy atom. The van der Waals surface area contributed by atoms with E-state index in [0.717, 1.165) is 33.9 Å². The summed E-state index contributed by atoms with van der Waals surface area (Å²) in [6.45, 7) is 6.75. The summed E-state index contributed by atoms with van der Waals surface area (Å²) in [5.41, 5.74) is 4.33. The second-order valence-electron chi connectivity index (χ2n) is 6.77. The molecule has 0 spiro atoms. The van der Waals surface area contributed by atoms with Crippen molar-refractivity contribution in [1.82, 2.24) is 24.9 Å². The van der Waals surface area contributed by atoms with Crippen LogP contribution in [0.2, 0.25) is 5.02 Å². The zero-order valence-electron chi connectivity index (χ0n) is 16.9. The molecule has 3 N–H and O–H groups in total. The largest absolute Gasteiger partial charge is 0.368 e. The van der Waals surface area contributed by atoms with Crippen molar-refractivity contribution in [2.75, 3.05) is 23.7 Å². The van der Waals surface area contributed by atoms with E-state index < -0.39 is 0 Å². The molecular weight excluding hydrogens is 412 g/mol. The van der Waals surface area contributed by atoms with Gasteiger partial charge in [0.05, 0.1) is 23.1 Å². The van der Waals surface area contributed by atoms with Crippen LogP contribution in [-0.2, 0) is 0 Å². The van der Waals surface area contributed by atoms with Gasteiger partial charge in [-0.25, -0.2) is 19.9 Å². The Hall–Kier alpha value is -3.78. The van der Waals surface area contributed by atoms with E-state index in [2.05, 4.69) is 42.3 Å². The third-order valence-electron chi connectivity index (χ3n) is 4.63. The number of aromatic nitrogens is 5. The first-order chi connectivity index (χ1) is 15.1. The highest BCUT2D eigenvalue weighted by Gasteiger charge is 2.15. The second-order valence-corrected chi connectivity index (χ2v) is 7.20. The minimum Gasteiger partial charge on any atom is -0.368 e. The van der Waals surface area contributed by atoms with Crippen molar-refractivity contribution in [2.24, 2.45) is 4.99 Å². The SMILES string of the molecule is C=Nc1ccc(NCCNc2ncc(-c3ncc[nH]3)c(-c3ccc(Cl)cc3C)n2)nc1. The first-order valence-electron chi connectivity index (χ1n) is 9.68. The predicted octanol–water partition coefficient (Wildman–Crippen LogP) is 4.75. The number of aryl methyl sites for hydroxylation is 1. The summed E-state index contributed by atoms with van der Waals surface area (Å²) < 4.78 is 0. The fourth-order valence-corrected chi connectivity index (χ4v) is 3.33. The van der Waals surface area contributed by atoms with Crippen LogP contribution in [0, 0.1) is 6.92 Å². The highest BCUT2D eigenvalue weighted by Crippen LogP contribution is 2.32. The number of H-pyrrole nitrogens is 1. The summed E-state index contributed by atoms with van der Waals surface area (Å²) in [7, 11) is 0. The van der Waals surface area contributed by atoms with Gasteiger partial charge in [-0.05, 0) is 43.5 Å². The Morgan fingerprint density at radius 1 is 1.03 bits per heavy atom. The molecule has 0 bridgehead atoms. The minimum atomic E-state index is 0.528. The summed E-state index contributed by atoms with van der Waals surface area (Å²) in [6, 6.07) is 9.45. The molecule has 3 aromatic heterocycles. The number of nitrogens with one attached hydrogen (secondary N) is 3. The van der Waals surface area contributed by atoms with Gasteiger partial charge in [0.25, 0.3) is 0 Å². The van der Waals surface area contributed by atoms with Crippen LogP contribution in [-0.4, -0.2) is 44.7 Å². The topological polar surface area (TPSA) is 104 Å². The highest BCUT2D eigenvalue weighted by atomic mass is 35.5. The Morgan fingerprint density at radius 3 is 2.61 bits per heavy atom. The quantitative estimate of drug-likeness (QED) is 0.274. The van der Waals surface area contributed by atoms with Crippen LogP contribution >= 0.6 is 11.6 Å². The lowest BCUT2D eigenvalue weighted by atomic mass is 10.0. The molecule has 4 aromatic rings. The van der Waals surface area contributed by atoms with Crippen molar-refractivity contribution in [3.8, 4) is 22.6 Å². The number of aliphatic imine (C=N–C) groups is 1. The number of hydrogen-bond donors (Lipinski definition) is 3. The van der Waals surface area contributed by atoms with Gasteiger partial charge in [-0.2, -0.15) is 0 Å². The molecule has 9 heteroatoms. The van der Waals surface area contributed by atoms with Crippen molar-refractivity contribution in [2.45, 2.75) is 6.92 Å². The third kappa shape index (κ3) is 4.87. The number of rotatable bonds is 8. The molecule has 31 heavy (non-hydrogen) atoms. The third-order valence-corrected chi connectivity index (χ3v) is 4.87. The molecule has 0 aliphatic heterocycles. The molecule has 0 atom stereocenters. The van der Waals surface area contributed by atoms with Gasteiger partial charge in [0.2, 0.25) is 5.95 Å². The molecule has 0 saturated heterocycles. The standard InChI is InChI=1S/C22H21ClN8/c1-14-11-15(23)3-5-17(14)20-18(21-26-8-9-27-21)13-30-22(31-20)28-10-7-25-19-6-4-16(24-2)12-29-19/h3-6,8-9,11-13H,2,7,10H2,1H3,(H,25,29)(H,26,27)(H,28,30,31). The number of nitrogens with zero attached hydrogens (tertiary/aromatic N) is 5. The molecule has 0 fully saturated rings. The van der Waals surface area contributed by atoms with Gasteiger partial charge in [0.15, 0.2) is 0 Å². The van der Waals surface area contributed by atoms with Crippen LogP contribution in [0.25, 0.3) is 22.6 Å². The smallest absolute Gasteiger partial charge is 0.223 e. The van der Waals surface area contributed by atoms with Crippen molar-refractivity contribution < 1.29 is 0 Å². The van der Waals surface area contributed by atoms with Gasteiger partial charge in [0, 0.05) is 42.3 Å². The molecular formula is C22H21ClN8. The Bertz CT molecular complexity index is 1170. The molecule has 0 amide bonds. The van der Waals surface area contributed by atoms with Crippen molar-refractivity contribution in [1.29, 1.82) is 0 Å². The molecule has 0 unspecified atom stereocenters. The lowest BCUT2D eigenvalue weighted by Gasteiger charge is -2.13. The second kappa shape index (κ2) is 9.36. The van der Waals surface area contributed by atoms with Crippen LogP contribution in [0.1, 0.15) is 5.56 Å². The van der Waals surface area contributed by atoms with Crippen molar-refractivity contribution >= 4 is 35.8 Å². The number of benzene rings is 1. The maximum atomic E-state index is 6.14. The number of imidazole rings is 1. The zero-order valence-corrected chi connectivity index (χ0v) is 17.7. The Balaban J connectivity index is 1.51. The first-order valence-corrected chi connectivity index (χ1v) is 10.1. The van der Waals surface area contributed by atoms with Gasteiger partial charge >= 0.3 is 0 Å². The van der Waals surface area contributed by atoms with E-state index in [-0.39, 0.29) is 0 Å². The number of hydrogen-bond acceptors (Lipinski definition) is 7. The van der Waals surface area contributed by atoms with Crippen LogP contribution in [0.4, 0.5) is 17.5 Å². The van der Waals surface area contributed by atoms with E-state index >= 15 is 0 Å². The molecule has 4 rings (SSSR count). The van der Waals surface area contributed by atoms with Gasteiger partial charge < -0.3 is 15.6 Å². The van der Waals surface area contributed by atoms with Gasteiger partial charge in [0.1, 0.15) is 11.6 Å². The van der Waals surface area contributed by atoms with Gasteiger partial charge in [-0.3, -0.25) is 4.99 Å². The number of halogens is 1. The summed E-state index contributed by atoms with van der Waals surface area (Å²) in [6.07, 6.45) is 6.92. The number of aromatic amines is 1. The average molecular weight is 433 g/mol. The molecule has 0 radical (unpaired) electrons. The summed E-state index contributed by atoms with van der Waals surface area (Å²) in [5, 5.41) is 7.18. The van der Waals surface area contributed by atoms with Crippen LogP contribution < -0.4 is 10.6 Å². The van der Waals surface area contributed by atoms with Crippen LogP contribution in [0.5, 0.6) is 0 Å². The maximum absolute atomic E-state index is 6.14. The zero-order chi connectivity index (χ0) is 21.6. The lowest BCUT2D eigenvalue weighted by molar-refractivity contribution is 1.02. The average Bonchev–Trinajstić information content (AvgIpc) is 3.32.